The summed E-state index contributed by atoms with van der Waals surface area (Å²) in [4.78, 5) is 10.6. The molecule has 0 amide bonds. The maximum absolute atomic E-state index is 10.6. The minimum Gasteiger partial charge on any atom is -0.315 e. The van der Waals surface area contributed by atoms with Crippen molar-refractivity contribution in [2.75, 3.05) is 0 Å². The summed E-state index contributed by atoms with van der Waals surface area (Å²) in [6, 6.07) is 15.4. The Labute approximate surface area is 109 Å². The van der Waals surface area contributed by atoms with Crippen molar-refractivity contribution in [1.82, 2.24) is 4.57 Å². The predicted octanol–water partition coefficient (Wildman–Crippen LogP) is 4.10. The standard InChI is InChI=1S/C15H10ClNO/c16-14-9-17(15-4-2-1-3-13(14)15)12-7-5-11(10-18)6-8-12/h1-10H. The average molecular weight is 256 g/mol. The first-order chi connectivity index (χ1) is 8.79. The first-order valence-corrected chi connectivity index (χ1v) is 5.98. The molecule has 3 heteroatoms. The lowest BCUT2D eigenvalue weighted by molar-refractivity contribution is 0.112. The number of halogens is 1. The SMILES string of the molecule is O=Cc1ccc(-n2cc(Cl)c3ccccc32)cc1. The molecule has 0 aliphatic rings. The number of carbonyl (C=O) groups excluding carboxylic acids is 1. The van der Waals surface area contributed by atoms with Gasteiger partial charge in [-0.1, -0.05) is 29.8 Å². The van der Waals surface area contributed by atoms with Crippen LogP contribution in [-0.4, -0.2) is 10.9 Å². The van der Waals surface area contributed by atoms with Gasteiger partial charge in [-0.15, -0.1) is 0 Å². The molecule has 3 rings (SSSR count). The molecule has 1 aromatic heterocycles. The Morgan fingerprint density at radius 2 is 1.72 bits per heavy atom. The first-order valence-electron chi connectivity index (χ1n) is 5.61. The van der Waals surface area contributed by atoms with Crippen LogP contribution >= 0.6 is 11.6 Å². The number of carbonyl (C=O) groups is 1. The zero-order valence-corrected chi connectivity index (χ0v) is 10.3. The number of benzene rings is 2. The van der Waals surface area contributed by atoms with E-state index < -0.39 is 0 Å². The number of aldehydes is 1. The van der Waals surface area contributed by atoms with E-state index in [0.717, 1.165) is 27.9 Å². The van der Waals surface area contributed by atoms with E-state index in [4.69, 9.17) is 11.6 Å². The van der Waals surface area contributed by atoms with Crippen LogP contribution in [0.2, 0.25) is 5.02 Å². The van der Waals surface area contributed by atoms with Crippen LogP contribution in [0.3, 0.4) is 0 Å². The zero-order valence-electron chi connectivity index (χ0n) is 9.51. The number of fused-ring (bicyclic) bond motifs is 1. The molecule has 2 aromatic carbocycles. The van der Waals surface area contributed by atoms with Gasteiger partial charge >= 0.3 is 0 Å². The van der Waals surface area contributed by atoms with Crippen molar-refractivity contribution in [1.29, 1.82) is 0 Å². The number of rotatable bonds is 2. The van der Waals surface area contributed by atoms with Crippen molar-refractivity contribution in [3.8, 4) is 5.69 Å². The normalized spacial score (nSPS) is 10.7. The van der Waals surface area contributed by atoms with Gasteiger partial charge in [0, 0.05) is 22.8 Å². The molecule has 0 N–H and O–H groups in total. The summed E-state index contributed by atoms with van der Waals surface area (Å²) in [5.74, 6) is 0. The molecule has 2 nitrogen and oxygen atoms in total. The largest absolute Gasteiger partial charge is 0.315 e. The van der Waals surface area contributed by atoms with Crippen molar-refractivity contribution in [2.24, 2.45) is 0 Å². The second kappa shape index (κ2) is 4.31. The molecule has 18 heavy (non-hydrogen) atoms. The van der Waals surface area contributed by atoms with Gasteiger partial charge < -0.3 is 4.57 Å². The molecule has 0 saturated carbocycles. The molecular formula is C15H10ClNO. The molecule has 0 spiro atoms. The number of hydrogen-bond donors (Lipinski definition) is 0. The maximum atomic E-state index is 10.6. The Morgan fingerprint density at radius 1 is 1.00 bits per heavy atom. The summed E-state index contributed by atoms with van der Waals surface area (Å²) in [5, 5.41) is 1.75. The lowest BCUT2D eigenvalue weighted by atomic mass is 10.2. The van der Waals surface area contributed by atoms with Gasteiger partial charge in [0.15, 0.2) is 0 Å². The average Bonchev–Trinajstić information content (AvgIpc) is 2.77. The van der Waals surface area contributed by atoms with Crippen LogP contribution in [0.5, 0.6) is 0 Å². The fourth-order valence-electron chi connectivity index (χ4n) is 2.07. The van der Waals surface area contributed by atoms with E-state index in [-0.39, 0.29) is 0 Å². The van der Waals surface area contributed by atoms with Gasteiger partial charge in [0.05, 0.1) is 10.5 Å². The summed E-state index contributed by atoms with van der Waals surface area (Å²) in [5.41, 5.74) is 2.71. The highest BCUT2D eigenvalue weighted by Gasteiger charge is 2.07. The Hall–Kier alpha value is -2.06. The molecule has 0 saturated heterocycles. The molecule has 0 atom stereocenters. The fraction of sp³-hybridized carbons (Fsp3) is 0. The molecule has 0 aliphatic carbocycles. The Bertz CT molecular complexity index is 713. The molecule has 0 fully saturated rings. The van der Waals surface area contributed by atoms with Gasteiger partial charge in [-0.25, -0.2) is 0 Å². The third kappa shape index (κ3) is 1.71. The van der Waals surface area contributed by atoms with E-state index in [2.05, 4.69) is 0 Å². The van der Waals surface area contributed by atoms with E-state index in [1.54, 1.807) is 12.1 Å². The van der Waals surface area contributed by atoms with E-state index in [1.807, 2.05) is 47.2 Å². The van der Waals surface area contributed by atoms with Crippen LogP contribution in [-0.2, 0) is 0 Å². The fourth-order valence-corrected chi connectivity index (χ4v) is 2.32. The monoisotopic (exact) mass is 255 g/mol. The van der Waals surface area contributed by atoms with Crippen molar-refractivity contribution in [3.05, 3.63) is 65.3 Å². The molecular weight excluding hydrogens is 246 g/mol. The Balaban J connectivity index is 2.21. The topological polar surface area (TPSA) is 22.0 Å². The lowest BCUT2D eigenvalue weighted by Gasteiger charge is -2.05. The third-order valence-electron chi connectivity index (χ3n) is 2.97. The van der Waals surface area contributed by atoms with Crippen LogP contribution in [0.25, 0.3) is 16.6 Å². The molecule has 0 bridgehead atoms. The summed E-state index contributed by atoms with van der Waals surface area (Å²) in [6.45, 7) is 0. The number of para-hydroxylation sites is 1. The van der Waals surface area contributed by atoms with Gasteiger partial charge in [-0.3, -0.25) is 4.79 Å². The second-order valence-electron chi connectivity index (χ2n) is 4.07. The van der Waals surface area contributed by atoms with Gasteiger partial charge in [-0.05, 0) is 30.3 Å². The minimum absolute atomic E-state index is 0.668. The van der Waals surface area contributed by atoms with E-state index in [1.165, 1.54) is 0 Å². The molecule has 0 unspecified atom stereocenters. The maximum Gasteiger partial charge on any atom is 0.150 e. The first kappa shape index (κ1) is 11.1. The van der Waals surface area contributed by atoms with Crippen molar-refractivity contribution < 1.29 is 4.79 Å². The Kier molecular flexibility index (Phi) is 2.65. The Morgan fingerprint density at radius 3 is 2.44 bits per heavy atom. The van der Waals surface area contributed by atoms with Gasteiger partial charge in [0.25, 0.3) is 0 Å². The molecule has 88 valence electrons. The quantitative estimate of drug-likeness (QED) is 0.632. The van der Waals surface area contributed by atoms with E-state index in [9.17, 15) is 4.79 Å². The molecule has 0 radical (unpaired) electrons. The molecule has 0 aliphatic heterocycles. The van der Waals surface area contributed by atoms with Crippen LogP contribution in [0.1, 0.15) is 10.4 Å². The van der Waals surface area contributed by atoms with Crippen molar-refractivity contribution in [2.45, 2.75) is 0 Å². The third-order valence-corrected chi connectivity index (χ3v) is 3.27. The summed E-state index contributed by atoms with van der Waals surface area (Å²) in [7, 11) is 0. The molecule has 1 heterocycles. The van der Waals surface area contributed by atoms with Crippen molar-refractivity contribution in [3.63, 3.8) is 0 Å². The van der Waals surface area contributed by atoms with Crippen molar-refractivity contribution >= 4 is 28.8 Å². The predicted molar refractivity (Wildman–Crippen MR) is 73.7 cm³/mol. The van der Waals surface area contributed by atoms with Crippen LogP contribution in [0.15, 0.2) is 54.7 Å². The van der Waals surface area contributed by atoms with Gasteiger partial charge in [0.2, 0.25) is 0 Å². The van der Waals surface area contributed by atoms with E-state index in [0.29, 0.717) is 5.56 Å². The summed E-state index contributed by atoms with van der Waals surface area (Å²) >= 11 is 6.21. The van der Waals surface area contributed by atoms with Crippen LogP contribution < -0.4 is 0 Å². The van der Waals surface area contributed by atoms with Gasteiger partial charge in [0.1, 0.15) is 6.29 Å². The minimum atomic E-state index is 0.668. The summed E-state index contributed by atoms with van der Waals surface area (Å²) in [6.07, 6.45) is 2.73. The highest BCUT2D eigenvalue weighted by molar-refractivity contribution is 6.35. The second-order valence-corrected chi connectivity index (χ2v) is 4.48. The summed E-state index contributed by atoms with van der Waals surface area (Å²) < 4.78 is 2.02. The zero-order chi connectivity index (χ0) is 12.5. The van der Waals surface area contributed by atoms with Gasteiger partial charge in [-0.2, -0.15) is 0 Å². The number of hydrogen-bond acceptors (Lipinski definition) is 1. The number of aromatic nitrogens is 1. The van der Waals surface area contributed by atoms with E-state index >= 15 is 0 Å². The number of nitrogens with zero attached hydrogens (tertiary/aromatic N) is 1. The smallest absolute Gasteiger partial charge is 0.150 e. The van der Waals surface area contributed by atoms with Crippen LogP contribution in [0.4, 0.5) is 0 Å². The highest BCUT2D eigenvalue weighted by Crippen LogP contribution is 2.28. The lowest BCUT2D eigenvalue weighted by Crippen LogP contribution is -1.91. The highest BCUT2D eigenvalue weighted by atomic mass is 35.5. The van der Waals surface area contributed by atoms with Crippen LogP contribution in [0, 0.1) is 0 Å². The molecule has 3 aromatic rings.